The van der Waals surface area contributed by atoms with Crippen molar-refractivity contribution in [1.29, 1.82) is 0 Å². The lowest BCUT2D eigenvalue weighted by atomic mass is 10.00. The van der Waals surface area contributed by atoms with Crippen molar-refractivity contribution in [1.82, 2.24) is 19.9 Å². The molecular weight excluding hydrogens is 647 g/mol. The van der Waals surface area contributed by atoms with E-state index >= 15 is 0 Å². The summed E-state index contributed by atoms with van der Waals surface area (Å²) >= 11 is 13.0. The molecule has 0 aliphatic carbocycles. The average Bonchev–Trinajstić information content (AvgIpc) is 3.46. The van der Waals surface area contributed by atoms with Gasteiger partial charge in [-0.05, 0) is 87.1 Å². The fourth-order valence-electron chi connectivity index (χ4n) is 6.66. The van der Waals surface area contributed by atoms with Gasteiger partial charge in [-0.2, -0.15) is 9.97 Å². The number of halogens is 2. The zero-order valence-corrected chi connectivity index (χ0v) is 29.8. The molecule has 0 bridgehead atoms. The van der Waals surface area contributed by atoms with Crippen LogP contribution in [-0.2, 0) is 0 Å². The molecule has 12 heteroatoms. The third kappa shape index (κ3) is 8.71. The second-order valence-electron chi connectivity index (χ2n) is 12.3. The highest BCUT2D eigenvalue weighted by atomic mass is 35.5. The van der Waals surface area contributed by atoms with Gasteiger partial charge < -0.3 is 30.7 Å². The van der Waals surface area contributed by atoms with Gasteiger partial charge in [0.25, 0.3) is 0 Å². The van der Waals surface area contributed by atoms with Crippen LogP contribution in [0.2, 0.25) is 10.0 Å². The first-order chi connectivity index (χ1) is 23.2. The second kappa shape index (κ2) is 16.4. The molecule has 0 unspecified atom stereocenters. The molecule has 0 saturated carbocycles. The van der Waals surface area contributed by atoms with Crippen molar-refractivity contribution in [3.8, 4) is 11.5 Å². The Morgan fingerprint density at radius 3 is 1.40 bits per heavy atom. The Kier molecular flexibility index (Phi) is 12.1. The highest BCUT2D eigenvalue weighted by Crippen LogP contribution is 2.40. The van der Waals surface area contributed by atoms with Crippen LogP contribution in [-0.4, -0.2) is 47.2 Å². The molecule has 10 nitrogen and oxygen atoms in total. The Hall–Kier alpha value is -4.02. The molecule has 2 aromatic carbocycles. The number of ether oxygens (including phenoxy) is 2. The van der Waals surface area contributed by atoms with Gasteiger partial charge in [0, 0.05) is 46.7 Å². The van der Waals surface area contributed by atoms with Gasteiger partial charge in [0.2, 0.25) is 11.9 Å². The predicted octanol–water partition coefficient (Wildman–Crippen LogP) is 8.30. The van der Waals surface area contributed by atoms with Crippen LogP contribution in [0.1, 0.15) is 86.0 Å². The van der Waals surface area contributed by atoms with Crippen molar-refractivity contribution in [2.24, 2.45) is 0 Å². The zero-order chi connectivity index (χ0) is 34.2. The Labute approximate surface area is 293 Å². The first kappa shape index (κ1) is 35.3. The molecule has 256 valence electrons. The largest absolute Gasteiger partial charge is 0.497 e. The van der Waals surface area contributed by atoms with E-state index in [0.29, 0.717) is 11.9 Å². The number of nitrogen functional groups attached to an aromatic ring is 2. The van der Waals surface area contributed by atoms with Crippen molar-refractivity contribution in [3.63, 3.8) is 0 Å². The lowest BCUT2D eigenvalue weighted by Gasteiger charge is -2.32. The van der Waals surface area contributed by atoms with Gasteiger partial charge in [0.05, 0.1) is 26.3 Å². The Morgan fingerprint density at radius 2 is 1.02 bits per heavy atom. The summed E-state index contributed by atoms with van der Waals surface area (Å²) in [4.78, 5) is 21.9. The summed E-state index contributed by atoms with van der Waals surface area (Å²) in [6.07, 6.45) is 9.03. The molecule has 2 saturated heterocycles. The molecule has 2 aliphatic heterocycles. The van der Waals surface area contributed by atoms with E-state index in [1.165, 1.54) is 12.8 Å². The highest BCUT2D eigenvalue weighted by Gasteiger charge is 2.28. The van der Waals surface area contributed by atoms with E-state index in [9.17, 15) is 0 Å². The van der Waals surface area contributed by atoms with Crippen LogP contribution in [0.3, 0.4) is 0 Å². The maximum Gasteiger partial charge on any atom is 0.222 e. The van der Waals surface area contributed by atoms with Crippen LogP contribution < -0.4 is 30.7 Å². The standard InChI is InChI=1S/2C18H23ClN4O/c2*1-12-10-17(22-18(20)21-12)23-9-5-3-4-6-16(23)14-11-13(24-2)7-8-15(14)19/h2*7-8,10-11,16H,3-6,9H2,1-2H3,(H2,20,21,22)/t2*16-/m10/s1. The molecule has 4 N–H and O–H groups in total. The van der Waals surface area contributed by atoms with E-state index in [1.807, 2.05) is 62.4 Å². The fourth-order valence-corrected chi connectivity index (χ4v) is 7.15. The SMILES string of the molecule is COc1ccc(Cl)c([C@@H]2CCCCCN2c2cc(C)nc(N)n2)c1.COc1ccc(Cl)c([C@H]2CCCCCN2c2cc(C)nc(N)n2)c1. The van der Waals surface area contributed by atoms with Crippen LogP contribution in [0.25, 0.3) is 0 Å². The first-order valence-corrected chi connectivity index (χ1v) is 17.3. The van der Waals surface area contributed by atoms with Gasteiger partial charge >= 0.3 is 0 Å². The predicted molar refractivity (Wildman–Crippen MR) is 195 cm³/mol. The molecule has 4 aromatic rings. The van der Waals surface area contributed by atoms with Gasteiger partial charge in [0.1, 0.15) is 23.1 Å². The van der Waals surface area contributed by atoms with E-state index in [-0.39, 0.29) is 12.1 Å². The number of anilines is 4. The van der Waals surface area contributed by atoms with Crippen LogP contribution >= 0.6 is 23.2 Å². The van der Waals surface area contributed by atoms with Gasteiger partial charge in [-0.1, -0.05) is 48.9 Å². The number of nitrogens with zero attached hydrogens (tertiary/aromatic N) is 6. The molecular formula is C36H46Cl2N8O2. The van der Waals surface area contributed by atoms with Crippen molar-refractivity contribution in [2.75, 3.05) is 48.6 Å². The zero-order valence-electron chi connectivity index (χ0n) is 28.3. The molecule has 6 rings (SSSR count). The number of methoxy groups -OCH3 is 2. The van der Waals surface area contributed by atoms with E-state index < -0.39 is 0 Å². The average molecular weight is 694 g/mol. The molecule has 2 aromatic heterocycles. The van der Waals surface area contributed by atoms with Gasteiger partial charge in [-0.15, -0.1) is 0 Å². The monoisotopic (exact) mass is 692 g/mol. The summed E-state index contributed by atoms with van der Waals surface area (Å²) in [5, 5.41) is 1.51. The van der Waals surface area contributed by atoms with E-state index in [2.05, 4.69) is 29.7 Å². The quantitative estimate of drug-likeness (QED) is 0.204. The van der Waals surface area contributed by atoms with Crippen LogP contribution in [0, 0.1) is 13.8 Å². The lowest BCUT2D eigenvalue weighted by Crippen LogP contribution is -2.30. The maximum atomic E-state index is 6.52. The second-order valence-corrected chi connectivity index (χ2v) is 13.2. The summed E-state index contributed by atoms with van der Waals surface area (Å²) in [5.41, 5.74) is 15.6. The number of hydrogen-bond donors (Lipinski definition) is 2. The number of nitrogens with two attached hydrogens (primary N) is 2. The molecule has 0 radical (unpaired) electrons. The van der Waals surface area contributed by atoms with Gasteiger partial charge in [0.15, 0.2) is 0 Å². The molecule has 2 atom stereocenters. The normalized spacial score (nSPS) is 18.3. The summed E-state index contributed by atoms with van der Waals surface area (Å²) in [7, 11) is 3.35. The summed E-state index contributed by atoms with van der Waals surface area (Å²) in [6.45, 7) is 5.72. The molecule has 0 amide bonds. The molecule has 2 fully saturated rings. The number of aryl methyl sites for hydroxylation is 2. The van der Waals surface area contributed by atoms with Crippen molar-refractivity contribution >= 4 is 46.7 Å². The minimum atomic E-state index is 0.156. The van der Waals surface area contributed by atoms with Crippen molar-refractivity contribution < 1.29 is 9.47 Å². The Balaban J connectivity index is 0.000000188. The highest BCUT2D eigenvalue weighted by molar-refractivity contribution is 6.31. The summed E-state index contributed by atoms with van der Waals surface area (Å²) < 4.78 is 10.8. The lowest BCUT2D eigenvalue weighted by molar-refractivity contribution is 0.413. The minimum absolute atomic E-state index is 0.156. The molecule has 0 spiro atoms. The topological polar surface area (TPSA) is 129 Å². The number of aromatic nitrogens is 4. The third-order valence-corrected chi connectivity index (χ3v) is 9.62. The third-order valence-electron chi connectivity index (χ3n) is 8.93. The van der Waals surface area contributed by atoms with Crippen LogP contribution in [0.5, 0.6) is 11.5 Å². The number of hydrogen-bond acceptors (Lipinski definition) is 10. The maximum absolute atomic E-state index is 6.52. The van der Waals surface area contributed by atoms with E-state index in [1.54, 1.807) is 14.2 Å². The van der Waals surface area contributed by atoms with Crippen LogP contribution in [0.4, 0.5) is 23.5 Å². The number of rotatable bonds is 6. The summed E-state index contributed by atoms with van der Waals surface area (Å²) in [5.74, 6) is 3.99. The Morgan fingerprint density at radius 1 is 0.604 bits per heavy atom. The van der Waals surface area contributed by atoms with Crippen LogP contribution in [0.15, 0.2) is 48.5 Å². The van der Waals surface area contributed by atoms with Crippen molar-refractivity contribution in [3.05, 3.63) is 81.1 Å². The minimum Gasteiger partial charge on any atom is -0.497 e. The van der Waals surface area contributed by atoms with E-state index in [4.69, 9.17) is 44.1 Å². The van der Waals surface area contributed by atoms with Crippen molar-refractivity contribution in [2.45, 2.75) is 77.3 Å². The fraction of sp³-hybridized carbons (Fsp3) is 0.444. The molecule has 4 heterocycles. The van der Waals surface area contributed by atoms with Gasteiger partial charge in [-0.25, -0.2) is 9.97 Å². The summed E-state index contributed by atoms with van der Waals surface area (Å²) in [6, 6.07) is 15.9. The number of benzene rings is 2. The Bertz CT molecular complexity index is 1530. The smallest absolute Gasteiger partial charge is 0.222 e. The van der Waals surface area contributed by atoms with E-state index in [0.717, 1.165) is 107 Å². The molecule has 48 heavy (non-hydrogen) atoms. The molecule has 2 aliphatic rings. The first-order valence-electron chi connectivity index (χ1n) is 16.6. The van der Waals surface area contributed by atoms with Gasteiger partial charge in [-0.3, -0.25) is 0 Å².